The van der Waals surface area contributed by atoms with Crippen LogP contribution < -0.4 is 30.2 Å². The number of nitrogens with one attached hydrogen (secondary N) is 3. The Kier molecular flexibility index (Phi) is 9.02. The number of piperazine rings is 1. The molecule has 1 amide bonds. The summed E-state index contributed by atoms with van der Waals surface area (Å²) in [5.74, 6) is 2.44. The van der Waals surface area contributed by atoms with E-state index in [0.29, 0.717) is 54.2 Å². The summed E-state index contributed by atoms with van der Waals surface area (Å²) < 4.78 is 16.8. The van der Waals surface area contributed by atoms with Crippen LogP contribution in [0.1, 0.15) is 26.3 Å². The molecule has 3 aliphatic rings. The van der Waals surface area contributed by atoms with Gasteiger partial charge in [0.2, 0.25) is 11.9 Å². The second-order valence-electron chi connectivity index (χ2n) is 11.5. The van der Waals surface area contributed by atoms with Crippen LogP contribution in [0.5, 0.6) is 17.2 Å². The lowest BCUT2D eigenvalue weighted by Gasteiger charge is -2.45. The summed E-state index contributed by atoms with van der Waals surface area (Å²) in [7, 11) is 3.20. The highest BCUT2D eigenvalue weighted by molar-refractivity contribution is 6.03. The molecule has 1 unspecified atom stereocenters. The molecular formula is C32H40N6O5. The van der Waals surface area contributed by atoms with Crippen LogP contribution >= 0.6 is 0 Å². The topological polar surface area (TPSA) is 117 Å². The minimum Gasteiger partial charge on any atom is -0.493 e. The van der Waals surface area contributed by atoms with Crippen LogP contribution in [-0.4, -0.2) is 87.3 Å². The summed E-state index contributed by atoms with van der Waals surface area (Å²) in [6.07, 6.45) is 2.01. The predicted octanol–water partition coefficient (Wildman–Crippen LogP) is 2.57. The van der Waals surface area contributed by atoms with Crippen LogP contribution in [0, 0.1) is 5.41 Å². The number of dihydropyridines is 1. The number of hydrogen-bond acceptors (Lipinski definition) is 10. The molecular weight excluding hydrogens is 548 g/mol. The van der Waals surface area contributed by atoms with Gasteiger partial charge in [0.05, 0.1) is 14.2 Å². The Morgan fingerprint density at radius 2 is 1.74 bits per heavy atom. The van der Waals surface area contributed by atoms with E-state index in [1.54, 1.807) is 26.4 Å². The lowest BCUT2D eigenvalue weighted by atomic mass is 9.93. The maximum atomic E-state index is 13.8. The highest BCUT2D eigenvalue weighted by Crippen LogP contribution is 2.35. The fraction of sp³-hybridized carbons (Fsp3) is 0.406. The molecule has 228 valence electrons. The summed E-state index contributed by atoms with van der Waals surface area (Å²) in [5.41, 5.74) is 1.92. The number of ketones is 1. The van der Waals surface area contributed by atoms with Crippen molar-refractivity contribution < 1.29 is 23.8 Å². The number of ether oxygens (including phenoxy) is 3. The zero-order chi connectivity index (χ0) is 30.6. The first kappa shape index (κ1) is 30.1. The molecule has 3 aliphatic heterocycles. The number of carbonyl (C=O) groups is 2. The first-order valence-corrected chi connectivity index (χ1v) is 14.5. The third-order valence-electron chi connectivity index (χ3n) is 7.47. The maximum Gasteiger partial charge on any atom is 0.232 e. The fourth-order valence-electron chi connectivity index (χ4n) is 5.07. The number of Topliss-reactive ketones (excluding diaryl/α,β-unsaturated/α-hetero) is 1. The number of benzene rings is 2. The van der Waals surface area contributed by atoms with E-state index < -0.39 is 11.5 Å². The van der Waals surface area contributed by atoms with E-state index in [2.05, 4.69) is 21.0 Å². The summed E-state index contributed by atoms with van der Waals surface area (Å²) >= 11 is 0. The van der Waals surface area contributed by atoms with Gasteiger partial charge in [-0.15, -0.1) is 0 Å². The molecule has 0 spiro atoms. The minimum atomic E-state index is -0.906. The van der Waals surface area contributed by atoms with Crippen molar-refractivity contribution in [2.45, 2.75) is 26.8 Å². The standard InChI is InChI=1S/C32H40N6O5/c1-32(2,3)30(40)36-31-35-28(25(39)20-43-23-9-7-6-8-10-23)24-17-22(21-11-12-26(41-4)27(18-21)42-5)19-34-29(24)38(31)37-15-13-33-14-16-37/h6-12,17-18,28,33-34H,13-16,19-20H2,1-5H3,(H,35,36,40). The Bertz CT molecular complexity index is 1440. The molecule has 0 aromatic heterocycles. The van der Waals surface area contributed by atoms with Gasteiger partial charge in [0.15, 0.2) is 17.3 Å². The van der Waals surface area contributed by atoms with E-state index >= 15 is 0 Å². The average Bonchev–Trinajstić information content (AvgIpc) is 3.03. The van der Waals surface area contributed by atoms with Crippen LogP contribution in [0.2, 0.25) is 0 Å². The average molecular weight is 589 g/mol. The molecule has 0 radical (unpaired) electrons. The van der Waals surface area contributed by atoms with E-state index in [1.807, 2.05) is 68.3 Å². The second kappa shape index (κ2) is 12.9. The van der Waals surface area contributed by atoms with Gasteiger partial charge >= 0.3 is 0 Å². The third kappa shape index (κ3) is 6.68. The molecule has 0 bridgehead atoms. The van der Waals surface area contributed by atoms with Crippen molar-refractivity contribution in [3.8, 4) is 17.2 Å². The Labute approximate surface area is 252 Å². The van der Waals surface area contributed by atoms with Crippen molar-refractivity contribution in [1.82, 2.24) is 26.0 Å². The fourth-order valence-corrected chi connectivity index (χ4v) is 5.07. The number of hydrogen-bond donors (Lipinski definition) is 3. The van der Waals surface area contributed by atoms with Crippen molar-refractivity contribution in [2.24, 2.45) is 10.4 Å². The molecule has 0 saturated carbocycles. The maximum absolute atomic E-state index is 13.8. The van der Waals surface area contributed by atoms with Crippen LogP contribution in [0.4, 0.5) is 0 Å². The number of hydrazine groups is 1. The van der Waals surface area contributed by atoms with Crippen LogP contribution in [0.15, 0.2) is 71.0 Å². The first-order chi connectivity index (χ1) is 20.7. The predicted molar refractivity (Wildman–Crippen MR) is 165 cm³/mol. The van der Waals surface area contributed by atoms with Gasteiger partial charge in [0.25, 0.3) is 0 Å². The van der Waals surface area contributed by atoms with Crippen molar-refractivity contribution in [2.75, 3.05) is 53.6 Å². The van der Waals surface area contributed by atoms with Crippen LogP contribution in [0.25, 0.3) is 5.57 Å². The van der Waals surface area contributed by atoms with Gasteiger partial charge in [-0.05, 0) is 41.5 Å². The lowest BCUT2D eigenvalue weighted by Crippen LogP contribution is -2.62. The molecule has 11 heteroatoms. The van der Waals surface area contributed by atoms with E-state index in [1.165, 1.54) is 0 Å². The number of amides is 1. The molecule has 5 rings (SSSR count). The molecule has 0 aliphatic carbocycles. The Morgan fingerprint density at radius 1 is 1.02 bits per heavy atom. The van der Waals surface area contributed by atoms with Gasteiger partial charge in [-0.3, -0.25) is 14.9 Å². The molecule has 11 nitrogen and oxygen atoms in total. The number of guanidine groups is 1. The first-order valence-electron chi connectivity index (χ1n) is 14.5. The molecule has 2 aromatic rings. The summed E-state index contributed by atoms with van der Waals surface area (Å²) in [6, 6.07) is 14.0. The number of carbonyl (C=O) groups excluding carboxylic acids is 2. The van der Waals surface area contributed by atoms with Gasteiger partial charge in [0.1, 0.15) is 24.2 Å². The van der Waals surface area contributed by atoms with Gasteiger partial charge < -0.3 is 24.8 Å². The van der Waals surface area contributed by atoms with Gasteiger partial charge in [-0.25, -0.2) is 15.0 Å². The Hall–Kier alpha value is -4.35. The number of methoxy groups -OCH3 is 2. The Morgan fingerprint density at radius 3 is 2.42 bits per heavy atom. The van der Waals surface area contributed by atoms with Crippen molar-refractivity contribution in [1.29, 1.82) is 0 Å². The zero-order valence-corrected chi connectivity index (χ0v) is 25.4. The smallest absolute Gasteiger partial charge is 0.232 e. The van der Waals surface area contributed by atoms with E-state index in [9.17, 15) is 9.59 Å². The quantitative estimate of drug-likeness (QED) is 0.428. The number of nitrogens with zero attached hydrogens (tertiary/aromatic N) is 3. The van der Waals surface area contributed by atoms with Crippen molar-refractivity contribution >= 4 is 23.2 Å². The Balaban J connectivity index is 1.57. The number of rotatable bonds is 8. The monoisotopic (exact) mass is 588 g/mol. The van der Waals surface area contributed by atoms with Crippen LogP contribution in [0.3, 0.4) is 0 Å². The second-order valence-corrected chi connectivity index (χ2v) is 11.5. The van der Waals surface area contributed by atoms with E-state index in [4.69, 9.17) is 19.2 Å². The highest BCUT2D eigenvalue weighted by Gasteiger charge is 2.40. The largest absolute Gasteiger partial charge is 0.493 e. The molecule has 43 heavy (non-hydrogen) atoms. The van der Waals surface area contributed by atoms with Gasteiger partial charge in [0, 0.05) is 43.7 Å². The molecule has 1 atom stereocenters. The SMILES string of the molecule is COc1ccc(C2=CC3=C(NC2)N(N2CCNCC2)C(NC(=O)C(C)(C)C)=NC3C(=O)COc2ccccc2)cc1OC. The van der Waals surface area contributed by atoms with E-state index in [-0.39, 0.29) is 18.3 Å². The molecule has 1 fully saturated rings. The molecule has 3 N–H and O–H groups in total. The highest BCUT2D eigenvalue weighted by atomic mass is 16.5. The summed E-state index contributed by atoms with van der Waals surface area (Å²) in [4.78, 5) is 32.0. The minimum absolute atomic E-state index is 0.178. The summed E-state index contributed by atoms with van der Waals surface area (Å²) in [6.45, 7) is 8.80. The normalized spacial score (nSPS) is 19.0. The molecule has 1 saturated heterocycles. The van der Waals surface area contributed by atoms with Crippen molar-refractivity contribution in [3.05, 3.63) is 71.6 Å². The van der Waals surface area contributed by atoms with E-state index in [0.717, 1.165) is 24.2 Å². The zero-order valence-electron chi connectivity index (χ0n) is 25.4. The van der Waals surface area contributed by atoms with Gasteiger partial charge in [-0.2, -0.15) is 0 Å². The van der Waals surface area contributed by atoms with Crippen molar-refractivity contribution in [3.63, 3.8) is 0 Å². The molecule has 3 heterocycles. The number of para-hydroxylation sites is 1. The molecule has 2 aromatic carbocycles. The van der Waals surface area contributed by atoms with Crippen LogP contribution in [-0.2, 0) is 9.59 Å². The third-order valence-corrected chi connectivity index (χ3v) is 7.47. The lowest BCUT2D eigenvalue weighted by molar-refractivity contribution is -0.127. The number of aliphatic imine (C=N–C) groups is 1. The van der Waals surface area contributed by atoms with Gasteiger partial charge in [-0.1, -0.05) is 45.0 Å². The summed E-state index contributed by atoms with van der Waals surface area (Å²) in [5, 5.41) is 14.0.